The molecule has 150 valence electrons. The maximum atomic E-state index is 12.6. The Morgan fingerprint density at radius 1 is 0.833 bits per heavy atom. The van der Waals surface area contributed by atoms with Crippen molar-refractivity contribution in [1.82, 2.24) is 0 Å². The molecule has 0 atom stereocenters. The Morgan fingerprint density at radius 2 is 1.60 bits per heavy atom. The van der Waals surface area contributed by atoms with Crippen LogP contribution in [0.5, 0.6) is 17.2 Å². The van der Waals surface area contributed by atoms with E-state index in [4.69, 9.17) is 18.6 Å². The fourth-order valence-corrected chi connectivity index (χ4v) is 3.07. The Hall–Kier alpha value is -4.06. The first-order valence-corrected chi connectivity index (χ1v) is 9.16. The monoisotopic (exact) mass is 402 g/mol. The Balaban J connectivity index is 1.63. The number of hydrogen-bond acceptors (Lipinski definition) is 6. The second-order valence-electron chi connectivity index (χ2n) is 6.46. The fourth-order valence-electron chi connectivity index (χ4n) is 3.07. The van der Waals surface area contributed by atoms with E-state index in [0.717, 1.165) is 5.56 Å². The minimum atomic E-state index is -0.583. The second kappa shape index (κ2) is 8.13. The van der Waals surface area contributed by atoms with Crippen LogP contribution in [0.3, 0.4) is 0 Å². The summed E-state index contributed by atoms with van der Waals surface area (Å²) in [6.07, 6.45) is 0. The topological polar surface area (TPSA) is 75.0 Å². The molecule has 4 rings (SSSR count). The van der Waals surface area contributed by atoms with E-state index in [0.29, 0.717) is 33.8 Å². The molecular formula is C24H18O6. The lowest BCUT2D eigenvalue weighted by atomic mass is 10.1. The molecule has 1 heterocycles. The molecule has 4 aromatic rings. The highest BCUT2D eigenvalue weighted by Crippen LogP contribution is 2.29. The maximum absolute atomic E-state index is 12.6. The van der Waals surface area contributed by atoms with Crippen LogP contribution in [0.4, 0.5) is 0 Å². The van der Waals surface area contributed by atoms with E-state index in [2.05, 4.69) is 0 Å². The summed E-state index contributed by atoms with van der Waals surface area (Å²) in [6.45, 7) is 0. The number of methoxy groups -OCH3 is 2. The highest BCUT2D eigenvalue weighted by molar-refractivity contribution is 5.92. The number of benzene rings is 3. The minimum absolute atomic E-state index is 0.223. The Bertz CT molecular complexity index is 1270. The first kappa shape index (κ1) is 19.3. The van der Waals surface area contributed by atoms with Gasteiger partial charge in [-0.25, -0.2) is 4.79 Å². The number of carbonyl (C=O) groups excluding carboxylic acids is 1. The van der Waals surface area contributed by atoms with Crippen molar-refractivity contribution in [3.05, 3.63) is 88.6 Å². The summed E-state index contributed by atoms with van der Waals surface area (Å²) in [6, 6.07) is 20.2. The summed E-state index contributed by atoms with van der Waals surface area (Å²) < 4.78 is 21.7. The third-order valence-electron chi connectivity index (χ3n) is 4.59. The van der Waals surface area contributed by atoms with Crippen molar-refractivity contribution < 1.29 is 23.4 Å². The normalized spacial score (nSPS) is 10.6. The quantitative estimate of drug-likeness (QED) is 0.356. The van der Waals surface area contributed by atoms with Gasteiger partial charge in [0.2, 0.25) is 0 Å². The lowest BCUT2D eigenvalue weighted by Gasteiger charge is -2.10. The first-order valence-electron chi connectivity index (χ1n) is 9.16. The number of ether oxygens (including phenoxy) is 3. The van der Waals surface area contributed by atoms with Gasteiger partial charge in [-0.2, -0.15) is 0 Å². The molecule has 0 saturated carbocycles. The predicted molar refractivity (Wildman–Crippen MR) is 112 cm³/mol. The fraction of sp³-hybridized carbons (Fsp3) is 0.0833. The molecule has 30 heavy (non-hydrogen) atoms. The van der Waals surface area contributed by atoms with Crippen LogP contribution < -0.4 is 19.6 Å². The van der Waals surface area contributed by atoms with Crippen LogP contribution in [-0.4, -0.2) is 20.2 Å². The zero-order valence-corrected chi connectivity index (χ0v) is 16.4. The SMILES string of the molecule is COc1ccc(C(=O)Oc2ccc3oc(-c4ccccc4)cc(=O)c3c2)cc1OC. The third kappa shape index (κ3) is 3.75. The molecule has 0 radical (unpaired) electrons. The van der Waals surface area contributed by atoms with E-state index in [1.165, 1.54) is 32.4 Å². The van der Waals surface area contributed by atoms with E-state index in [1.54, 1.807) is 24.3 Å². The van der Waals surface area contributed by atoms with E-state index < -0.39 is 5.97 Å². The van der Waals surface area contributed by atoms with Crippen LogP contribution in [0.15, 0.2) is 82.0 Å². The summed E-state index contributed by atoms with van der Waals surface area (Å²) in [7, 11) is 3.00. The van der Waals surface area contributed by atoms with Crippen LogP contribution in [0.2, 0.25) is 0 Å². The minimum Gasteiger partial charge on any atom is -0.493 e. The van der Waals surface area contributed by atoms with Crippen molar-refractivity contribution >= 4 is 16.9 Å². The van der Waals surface area contributed by atoms with E-state index >= 15 is 0 Å². The molecule has 6 nitrogen and oxygen atoms in total. The highest BCUT2D eigenvalue weighted by Gasteiger charge is 2.14. The molecule has 0 aliphatic rings. The molecule has 0 aliphatic carbocycles. The largest absolute Gasteiger partial charge is 0.493 e. The van der Waals surface area contributed by atoms with Gasteiger partial charge in [-0.3, -0.25) is 4.79 Å². The Kier molecular flexibility index (Phi) is 5.22. The number of fused-ring (bicyclic) bond motifs is 1. The molecule has 0 saturated heterocycles. The average Bonchev–Trinajstić information content (AvgIpc) is 2.79. The molecule has 1 aromatic heterocycles. The Morgan fingerprint density at radius 3 is 2.33 bits per heavy atom. The first-order chi connectivity index (χ1) is 14.6. The van der Waals surface area contributed by atoms with Gasteiger partial charge in [-0.1, -0.05) is 30.3 Å². The molecule has 0 aliphatic heterocycles. The van der Waals surface area contributed by atoms with Gasteiger partial charge >= 0.3 is 5.97 Å². The number of hydrogen-bond donors (Lipinski definition) is 0. The zero-order chi connectivity index (χ0) is 21.1. The molecule has 0 unspecified atom stereocenters. The van der Waals surface area contributed by atoms with Gasteiger partial charge in [0.1, 0.15) is 17.1 Å². The number of esters is 1. The molecule has 0 fully saturated rings. The van der Waals surface area contributed by atoms with Crippen LogP contribution in [0.25, 0.3) is 22.3 Å². The molecular weight excluding hydrogens is 384 g/mol. The summed E-state index contributed by atoms with van der Waals surface area (Å²) in [4.78, 5) is 25.1. The van der Waals surface area contributed by atoms with Crippen molar-refractivity contribution in [2.45, 2.75) is 0 Å². The maximum Gasteiger partial charge on any atom is 0.343 e. The van der Waals surface area contributed by atoms with Gasteiger partial charge in [-0.15, -0.1) is 0 Å². The number of carbonyl (C=O) groups is 1. The van der Waals surface area contributed by atoms with Crippen LogP contribution >= 0.6 is 0 Å². The van der Waals surface area contributed by atoms with Crippen LogP contribution in [-0.2, 0) is 0 Å². The van der Waals surface area contributed by atoms with E-state index in [9.17, 15) is 9.59 Å². The van der Waals surface area contributed by atoms with Gasteiger partial charge < -0.3 is 18.6 Å². The Labute approximate surface area is 172 Å². The lowest BCUT2D eigenvalue weighted by molar-refractivity contribution is 0.0734. The van der Waals surface area contributed by atoms with Crippen molar-refractivity contribution in [2.75, 3.05) is 14.2 Å². The highest BCUT2D eigenvalue weighted by atomic mass is 16.5. The molecule has 0 amide bonds. The number of rotatable bonds is 5. The van der Waals surface area contributed by atoms with Gasteiger partial charge in [0.15, 0.2) is 16.9 Å². The van der Waals surface area contributed by atoms with E-state index in [-0.39, 0.29) is 11.2 Å². The summed E-state index contributed by atoms with van der Waals surface area (Å²) in [5.41, 5.74) is 1.28. The van der Waals surface area contributed by atoms with Gasteiger partial charge in [0, 0.05) is 11.6 Å². The lowest BCUT2D eigenvalue weighted by Crippen LogP contribution is -2.09. The molecule has 0 N–H and O–H groups in total. The zero-order valence-electron chi connectivity index (χ0n) is 16.4. The molecule has 3 aromatic carbocycles. The third-order valence-corrected chi connectivity index (χ3v) is 4.59. The smallest absolute Gasteiger partial charge is 0.343 e. The standard InChI is InChI=1S/C24H18O6/c1-27-21-10-8-16(12-23(21)28-2)24(26)29-17-9-11-20-18(13-17)19(25)14-22(30-20)15-6-4-3-5-7-15/h3-14H,1-2H3. The summed E-state index contributed by atoms with van der Waals surface area (Å²) in [5.74, 6) is 1.05. The molecule has 0 bridgehead atoms. The summed E-state index contributed by atoms with van der Waals surface area (Å²) >= 11 is 0. The predicted octanol–water partition coefficient (Wildman–Crippen LogP) is 4.70. The van der Waals surface area contributed by atoms with Gasteiger partial charge in [0.25, 0.3) is 0 Å². The van der Waals surface area contributed by atoms with Crippen molar-refractivity contribution in [2.24, 2.45) is 0 Å². The van der Waals surface area contributed by atoms with Crippen molar-refractivity contribution in [1.29, 1.82) is 0 Å². The molecule has 6 heteroatoms. The van der Waals surface area contributed by atoms with Crippen LogP contribution in [0, 0.1) is 0 Å². The van der Waals surface area contributed by atoms with Crippen LogP contribution in [0.1, 0.15) is 10.4 Å². The van der Waals surface area contributed by atoms with Gasteiger partial charge in [-0.05, 0) is 36.4 Å². The molecule has 0 spiro atoms. The van der Waals surface area contributed by atoms with Crippen molar-refractivity contribution in [3.8, 4) is 28.6 Å². The summed E-state index contributed by atoms with van der Waals surface area (Å²) in [5, 5.41) is 0.326. The average molecular weight is 402 g/mol. The van der Waals surface area contributed by atoms with Gasteiger partial charge in [0.05, 0.1) is 25.2 Å². The van der Waals surface area contributed by atoms with E-state index in [1.807, 2.05) is 30.3 Å². The second-order valence-corrected chi connectivity index (χ2v) is 6.46. The van der Waals surface area contributed by atoms with Crippen molar-refractivity contribution in [3.63, 3.8) is 0 Å².